The predicted molar refractivity (Wildman–Crippen MR) is 107 cm³/mol. The van der Waals surface area contributed by atoms with Gasteiger partial charge in [0, 0.05) is 49.7 Å². The molecule has 1 aliphatic heterocycles. The number of aryl methyl sites for hydroxylation is 1. The van der Waals surface area contributed by atoms with Crippen LogP contribution in [0.25, 0.3) is 0 Å². The van der Waals surface area contributed by atoms with Crippen LogP contribution in [-0.4, -0.2) is 43.5 Å². The normalized spacial score (nSPS) is 17.8. The molecule has 0 bridgehead atoms. The highest BCUT2D eigenvalue weighted by Crippen LogP contribution is 2.30. The zero-order valence-electron chi connectivity index (χ0n) is 15.7. The first kappa shape index (κ1) is 18.0. The molecule has 1 N–H and O–H groups in total. The first-order valence-electron chi connectivity index (χ1n) is 9.73. The average Bonchev–Trinajstić information content (AvgIpc) is 3.49. The number of nitrogens with one attached hydrogen (secondary N) is 1. The highest BCUT2D eigenvalue weighted by molar-refractivity contribution is 6.04. The van der Waals surface area contributed by atoms with Gasteiger partial charge in [-0.1, -0.05) is 12.1 Å². The molecule has 0 radical (unpaired) electrons. The molecule has 2 fully saturated rings. The molecule has 1 aliphatic carbocycles. The summed E-state index contributed by atoms with van der Waals surface area (Å²) in [5, 5.41) is 2.88. The molecule has 0 unspecified atom stereocenters. The molecule has 1 saturated carbocycles. The van der Waals surface area contributed by atoms with Crippen LogP contribution in [0.15, 0.2) is 42.5 Å². The summed E-state index contributed by atoms with van der Waals surface area (Å²) in [4.78, 5) is 17.3. The number of carbonyl (C=O) groups excluding carboxylic acids is 1. The van der Waals surface area contributed by atoms with Gasteiger partial charge < -0.3 is 10.2 Å². The van der Waals surface area contributed by atoms with E-state index in [0.29, 0.717) is 11.1 Å². The number of hydrogen-bond acceptors (Lipinski definition) is 3. The second-order valence-corrected chi connectivity index (χ2v) is 7.70. The maximum atomic E-state index is 13.7. The van der Waals surface area contributed by atoms with Crippen LogP contribution in [-0.2, 0) is 0 Å². The number of nitrogens with zero attached hydrogens (tertiary/aromatic N) is 2. The van der Waals surface area contributed by atoms with Gasteiger partial charge in [0.05, 0.1) is 0 Å². The molecule has 4 nitrogen and oxygen atoms in total. The number of rotatable bonds is 5. The Morgan fingerprint density at radius 1 is 1.11 bits per heavy atom. The smallest absolute Gasteiger partial charge is 0.255 e. The fraction of sp³-hybridized carbons (Fsp3) is 0.409. The van der Waals surface area contributed by atoms with Crippen molar-refractivity contribution in [1.29, 1.82) is 0 Å². The third kappa shape index (κ3) is 4.48. The Hall–Kier alpha value is -2.40. The van der Waals surface area contributed by atoms with E-state index in [1.807, 2.05) is 18.2 Å². The van der Waals surface area contributed by atoms with Gasteiger partial charge >= 0.3 is 0 Å². The van der Waals surface area contributed by atoms with Gasteiger partial charge in [0.1, 0.15) is 5.82 Å². The van der Waals surface area contributed by atoms with E-state index in [0.717, 1.165) is 43.5 Å². The summed E-state index contributed by atoms with van der Waals surface area (Å²) in [7, 11) is 0. The molecule has 1 heterocycles. The minimum absolute atomic E-state index is 0.291. The van der Waals surface area contributed by atoms with Crippen LogP contribution < -0.4 is 10.2 Å². The first-order valence-corrected chi connectivity index (χ1v) is 9.73. The molecule has 2 aliphatic rings. The van der Waals surface area contributed by atoms with E-state index in [1.165, 1.54) is 25.5 Å². The van der Waals surface area contributed by atoms with E-state index in [4.69, 9.17) is 0 Å². The van der Waals surface area contributed by atoms with E-state index in [2.05, 4.69) is 21.2 Å². The molecule has 5 heteroatoms. The second kappa shape index (κ2) is 7.69. The van der Waals surface area contributed by atoms with Crippen molar-refractivity contribution in [2.24, 2.45) is 5.92 Å². The minimum Gasteiger partial charge on any atom is -0.369 e. The number of carbonyl (C=O) groups is 1. The summed E-state index contributed by atoms with van der Waals surface area (Å²) in [6.45, 7) is 7.13. The van der Waals surface area contributed by atoms with Crippen LogP contribution in [0.4, 0.5) is 15.8 Å². The number of hydrogen-bond donors (Lipinski definition) is 1. The molecular weight excluding hydrogens is 341 g/mol. The Balaban J connectivity index is 1.38. The van der Waals surface area contributed by atoms with Gasteiger partial charge in [-0.3, -0.25) is 9.69 Å². The van der Waals surface area contributed by atoms with E-state index in [1.54, 1.807) is 19.1 Å². The molecule has 4 rings (SSSR count). The molecule has 142 valence electrons. The van der Waals surface area contributed by atoms with Crippen molar-refractivity contribution in [3.05, 3.63) is 59.4 Å². The van der Waals surface area contributed by atoms with Gasteiger partial charge in [0.25, 0.3) is 5.91 Å². The average molecular weight is 367 g/mol. The van der Waals surface area contributed by atoms with E-state index >= 15 is 0 Å². The van der Waals surface area contributed by atoms with Crippen molar-refractivity contribution in [3.8, 4) is 0 Å². The van der Waals surface area contributed by atoms with Gasteiger partial charge in [0.2, 0.25) is 0 Å². The van der Waals surface area contributed by atoms with Crippen molar-refractivity contribution in [1.82, 2.24) is 4.90 Å². The maximum Gasteiger partial charge on any atom is 0.255 e. The van der Waals surface area contributed by atoms with Crippen molar-refractivity contribution in [3.63, 3.8) is 0 Å². The number of amides is 1. The highest BCUT2D eigenvalue weighted by Gasteiger charge is 2.26. The van der Waals surface area contributed by atoms with Crippen LogP contribution in [0.2, 0.25) is 0 Å². The second-order valence-electron chi connectivity index (χ2n) is 7.70. The topological polar surface area (TPSA) is 35.6 Å². The van der Waals surface area contributed by atoms with Crippen LogP contribution in [0, 0.1) is 18.7 Å². The lowest BCUT2D eigenvalue weighted by atomic mass is 10.1. The van der Waals surface area contributed by atoms with Crippen molar-refractivity contribution < 1.29 is 9.18 Å². The fourth-order valence-electron chi connectivity index (χ4n) is 3.57. The lowest BCUT2D eigenvalue weighted by molar-refractivity contribution is 0.102. The number of piperazine rings is 1. The maximum absolute atomic E-state index is 13.7. The molecule has 0 aromatic heterocycles. The summed E-state index contributed by atoms with van der Waals surface area (Å²) in [6, 6.07) is 12.5. The van der Waals surface area contributed by atoms with Crippen LogP contribution in [0.5, 0.6) is 0 Å². The Morgan fingerprint density at radius 3 is 2.59 bits per heavy atom. The summed E-state index contributed by atoms with van der Waals surface area (Å²) in [5.74, 6) is 0.280. The molecule has 1 saturated heterocycles. The molecule has 0 atom stereocenters. The predicted octanol–water partition coefficient (Wildman–Crippen LogP) is 3.92. The molecular formula is C22H26FN3O. The minimum atomic E-state index is -0.361. The Morgan fingerprint density at radius 2 is 1.89 bits per heavy atom. The largest absolute Gasteiger partial charge is 0.369 e. The van der Waals surface area contributed by atoms with Crippen LogP contribution >= 0.6 is 0 Å². The zero-order chi connectivity index (χ0) is 18.8. The SMILES string of the molecule is Cc1ccc(C(=O)Nc2cccc(N3CCN(CC4CC4)CC3)c2)cc1F. The third-order valence-electron chi connectivity index (χ3n) is 5.49. The zero-order valence-corrected chi connectivity index (χ0v) is 15.7. The van der Waals surface area contributed by atoms with Gasteiger partial charge in [-0.05, 0) is 61.6 Å². The Bertz CT molecular complexity index is 826. The lowest BCUT2D eigenvalue weighted by Crippen LogP contribution is -2.47. The summed E-state index contributed by atoms with van der Waals surface area (Å²) >= 11 is 0. The van der Waals surface area contributed by atoms with Crippen molar-refractivity contribution in [2.45, 2.75) is 19.8 Å². The Labute approximate surface area is 160 Å². The number of benzene rings is 2. The summed E-state index contributed by atoms with van der Waals surface area (Å²) < 4.78 is 13.7. The third-order valence-corrected chi connectivity index (χ3v) is 5.49. The number of halogens is 1. The molecule has 0 spiro atoms. The van der Waals surface area contributed by atoms with Crippen LogP contribution in [0.3, 0.4) is 0 Å². The molecule has 2 aromatic carbocycles. The highest BCUT2D eigenvalue weighted by atomic mass is 19.1. The monoisotopic (exact) mass is 367 g/mol. The lowest BCUT2D eigenvalue weighted by Gasteiger charge is -2.36. The van der Waals surface area contributed by atoms with Gasteiger partial charge in [-0.25, -0.2) is 4.39 Å². The van der Waals surface area contributed by atoms with Crippen LogP contribution in [0.1, 0.15) is 28.8 Å². The first-order chi connectivity index (χ1) is 13.1. The quantitative estimate of drug-likeness (QED) is 0.870. The van der Waals surface area contributed by atoms with Gasteiger partial charge in [-0.15, -0.1) is 0 Å². The molecule has 1 amide bonds. The summed E-state index contributed by atoms with van der Waals surface area (Å²) in [5.41, 5.74) is 2.72. The number of anilines is 2. The molecule has 27 heavy (non-hydrogen) atoms. The van der Waals surface area contributed by atoms with E-state index < -0.39 is 0 Å². The fourth-order valence-corrected chi connectivity index (χ4v) is 3.57. The standard InChI is InChI=1S/C22H26FN3O/c1-16-5-8-18(13-21(16)23)22(27)24-19-3-2-4-20(14-19)26-11-9-25(10-12-26)15-17-6-7-17/h2-5,8,13-14,17H,6-7,9-12,15H2,1H3,(H,24,27). The van der Waals surface area contributed by atoms with Crippen molar-refractivity contribution in [2.75, 3.05) is 42.9 Å². The summed E-state index contributed by atoms with van der Waals surface area (Å²) in [6.07, 6.45) is 2.79. The van der Waals surface area contributed by atoms with Gasteiger partial charge in [-0.2, -0.15) is 0 Å². The van der Waals surface area contributed by atoms with E-state index in [9.17, 15) is 9.18 Å². The molecule has 2 aromatic rings. The Kier molecular flexibility index (Phi) is 5.12. The van der Waals surface area contributed by atoms with E-state index in [-0.39, 0.29) is 11.7 Å². The van der Waals surface area contributed by atoms with Gasteiger partial charge in [0.15, 0.2) is 0 Å². The van der Waals surface area contributed by atoms with Crippen molar-refractivity contribution >= 4 is 17.3 Å².